The number of aliphatic carboxylic acids is 1. The number of hydrogen-bond donors (Lipinski definition) is 5. The van der Waals surface area contributed by atoms with Crippen LogP contribution in [-0.4, -0.2) is 74.4 Å². The second-order valence-corrected chi connectivity index (χ2v) is 15.2. The molecule has 7 N–H and O–H groups in total. The zero-order chi connectivity index (χ0) is 37.0. The Balaban J connectivity index is 1.21. The van der Waals surface area contributed by atoms with E-state index in [-0.39, 0.29) is 31.2 Å². The third-order valence-corrected chi connectivity index (χ3v) is 11.7. The maximum Gasteiger partial charge on any atom is 0.328 e. The number of primary amides is 1. The van der Waals surface area contributed by atoms with Gasteiger partial charge in [-0.25, -0.2) is 9.59 Å². The highest BCUT2D eigenvalue weighted by molar-refractivity contribution is 6.16. The summed E-state index contributed by atoms with van der Waals surface area (Å²) >= 11 is 0. The Morgan fingerprint density at radius 1 is 0.941 bits per heavy atom. The number of hydrogen-bond acceptors (Lipinski definition) is 8. The lowest BCUT2D eigenvalue weighted by Crippen LogP contribution is -2.73. The predicted molar refractivity (Wildman–Crippen MR) is 185 cm³/mol. The number of nitrogens with zero attached hydrogens (tertiary/aromatic N) is 2. The summed E-state index contributed by atoms with van der Waals surface area (Å²) in [6, 6.07) is 11.5. The third-order valence-electron chi connectivity index (χ3n) is 11.7. The van der Waals surface area contributed by atoms with E-state index in [4.69, 9.17) is 11.5 Å². The number of Topliss-reactive ketones (excluding diaryl/α,β-unsaturated/α-hetero) is 2. The first-order valence-electron chi connectivity index (χ1n) is 17.2. The largest absolute Gasteiger partial charge is 0.481 e. The third kappa shape index (κ3) is 5.84. The van der Waals surface area contributed by atoms with Crippen molar-refractivity contribution < 1.29 is 38.7 Å². The monoisotopic (exact) mass is 700 g/mol. The van der Waals surface area contributed by atoms with Gasteiger partial charge in [0, 0.05) is 17.9 Å². The number of carboxylic acid groups (broad SMARTS) is 1. The summed E-state index contributed by atoms with van der Waals surface area (Å²) in [6.45, 7) is 4.23. The fourth-order valence-corrected chi connectivity index (χ4v) is 9.60. The molecule has 4 bridgehead atoms. The number of amides is 6. The van der Waals surface area contributed by atoms with Gasteiger partial charge in [-0.1, -0.05) is 30.3 Å². The Hall–Kier alpha value is -5.11. The summed E-state index contributed by atoms with van der Waals surface area (Å²) in [7, 11) is 0. The minimum Gasteiger partial charge on any atom is -0.481 e. The summed E-state index contributed by atoms with van der Waals surface area (Å²) in [5, 5.41) is 15.0. The molecule has 1 saturated heterocycles. The van der Waals surface area contributed by atoms with Crippen molar-refractivity contribution in [3.63, 3.8) is 0 Å². The average Bonchev–Trinajstić information content (AvgIpc) is 3.20. The molecule has 1 aliphatic heterocycles. The number of anilines is 2. The van der Waals surface area contributed by atoms with E-state index in [1.807, 2.05) is 25.1 Å². The van der Waals surface area contributed by atoms with Crippen molar-refractivity contribution in [2.45, 2.75) is 77.4 Å². The maximum absolute atomic E-state index is 14.6. The number of ketones is 2. The molecule has 51 heavy (non-hydrogen) atoms. The van der Waals surface area contributed by atoms with Crippen LogP contribution < -0.4 is 22.1 Å². The second kappa shape index (κ2) is 12.9. The van der Waals surface area contributed by atoms with Gasteiger partial charge in [-0.15, -0.1) is 0 Å². The Morgan fingerprint density at radius 3 is 2.16 bits per heavy atom. The van der Waals surface area contributed by atoms with Gasteiger partial charge >= 0.3 is 18.0 Å². The van der Waals surface area contributed by atoms with Crippen LogP contribution in [0, 0.1) is 35.5 Å². The van der Waals surface area contributed by atoms with Crippen molar-refractivity contribution in [3.8, 4) is 0 Å². The average molecular weight is 701 g/mol. The van der Waals surface area contributed by atoms with Gasteiger partial charge in [0.15, 0.2) is 11.6 Å². The molecular formula is C37H44N6O8. The molecule has 7 rings (SSSR count). The molecule has 14 nitrogen and oxygen atoms in total. The summed E-state index contributed by atoms with van der Waals surface area (Å²) < 4.78 is 0. The molecule has 2 aromatic rings. The predicted octanol–water partition coefficient (Wildman–Crippen LogP) is 3.42. The highest BCUT2D eigenvalue weighted by atomic mass is 16.4. The molecule has 4 aliphatic carbocycles. The van der Waals surface area contributed by atoms with E-state index in [9.17, 15) is 38.7 Å². The summed E-state index contributed by atoms with van der Waals surface area (Å²) in [5.41, 5.74) is 9.90. The van der Waals surface area contributed by atoms with Crippen LogP contribution in [0.25, 0.3) is 0 Å². The SMILES string of the molecule is Cc1ccccc1NC(=O)Nc1ccc(CN2C(=O)N(CC(=O)C3(C(N)=O)C4CC5CC(C4)CC3(C(=O)[C@@H](N)CC(=O)O)C5)C(=O)C2(C)C)cc1. The van der Waals surface area contributed by atoms with Crippen LogP contribution in [0.3, 0.4) is 0 Å². The molecule has 3 unspecified atom stereocenters. The number of nitrogens with one attached hydrogen (secondary N) is 2. The van der Waals surface area contributed by atoms with Crippen molar-refractivity contribution in [2.75, 3.05) is 17.2 Å². The van der Waals surface area contributed by atoms with Gasteiger partial charge < -0.3 is 32.1 Å². The first kappa shape index (κ1) is 35.7. The van der Waals surface area contributed by atoms with Crippen molar-refractivity contribution in [3.05, 3.63) is 59.7 Å². The van der Waals surface area contributed by atoms with E-state index < -0.39 is 82.7 Å². The molecule has 5 fully saturated rings. The molecule has 0 radical (unpaired) electrons. The highest BCUT2D eigenvalue weighted by Crippen LogP contribution is 2.69. The number of rotatable bonds is 12. The highest BCUT2D eigenvalue weighted by Gasteiger charge is 2.74. The topological polar surface area (TPSA) is 222 Å². The molecule has 0 aromatic heterocycles. The molecular weight excluding hydrogens is 656 g/mol. The van der Waals surface area contributed by atoms with Crippen LogP contribution in [0.1, 0.15) is 63.5 Å². The normalized spacial score (nSPS) is 28.0. The van der Waals surface area contributed by atoms with E-state index in [0.717, 1.165) is 16.9 Å². The molecule has 1 heterocycles. The van der Waals surface area contributed by atoms with Gasteiger partial charge in [0.1, 0.15) is 11.0 Å². The minimum absolute atomic E-state index is 0.00262. The van der Waals surface area contributed by atoms with Gasteiger partial charge in [0.05, 0.1) is 24.4 Å². The van der Waals surface area contributed by atoms with Crippen LogP contribution in [0.2, 0.25) is 0 Å². The Morgan fingerprint density at radius 2 is 1.57 bits per heavy atom. The van der Waals surface area contributed by atoms with Crippen LogP contribution in [0.4, 0.5) is 21.0 Å². The Bertz CT molecular complexity index is 1810. The van der Waals surface area contributed by atoms with Gasteiger partial charge in [0.25, 0.3) is 5.91 Å². The number of imide groups is 1. The molecule has 5 aliphatic rings. The quantitative estimate of drug-likeness (QED) is 0.161. The van der Waals surface area contributed by atoms with Gasteiger partial charge in [-0.05, 0) is 100.0 Å². The molecule has 6 amide bonds. The second-order valence-electron chi connectivity index (χ2n) is 15.2. The van der Waals surface area contributed by atoms with Crippen LogP contribution in [0.15, 0.2) is 48.5 Å². The van der Waals surface area contributed by atoms with Crippen molar-refractivity contribution in [2.24, 2.45) is 40.1 Å². The number of urea groups is 2. The maximum atomic E-state index is 14.6. The Kier molecular flexibility index (Phi) is 9.03. The Labute approximate surface area is 295 Å². The minimum atomic E-state index is -2.04. The summed E-state index contributed by atoms with van der Waals surface area (Å²) in [5.74, 6) is -4.95. The van der Waals surface area contributed by atoms with Crippen molar-refractivity contribution in [1.82, 2.24) is 9.80 Å². The zero-order valence-electron chi connectivity index (χ0n) is 28.9. The van der Waals surface area contributed by atoms with Gasteiger partial charge in [0.2, 0.25) is 5.91 Å². The fraction of sp³-hybridized carbons (Fsp3) is 0.486. The number of para-hydroxylation sites is 1. The lowest BCUT2D eigenvalue weighted by atomic mass is 9.36. The van der Waals surface area contributed by atoms with E-state index in [1.54, 1.807) is 44.2 Å². The van der Waals surface area contributed by atoms with E-state index in [0.29, 0.717) is 29.8 Å². The zero-order valence-corrected chi connectivity index (χ0v) is 28.9. The van der Waals surface area contributed by atoms with E-state index >= 15 is 0 Å². The van der Waals surface area contributed by atoms with Crippen LogP contribution in [-0.2, 0) is 30.5 Å². The standard InChI is InChI=1S/C37H44N6O8/c1-20-6-4-5-7-27(20)41-33(50)40-25-10-8-21(9-11-25)18-43-34(51)42(32(49)35(43,2)3)19-28(44)37(31(39)48)24-13-22-12-23(14-24)17-36(37,16-22)30(47)26(38)15-29(45)46/h4-11,22-24,26H,12-19,38H2,1-3H3,(H2,39,48)(H,45,46)(H2,40,41,50)/t22?,23?,24?,26-,36?,37?/m0/s1. The van der Waals surface area contributed by atoms with Crippen LogP contribution in [0.5, 0.6) is 0 Å². The number of aryl methyl sites for hydroxylation is 1. The van der Waals surface area contributed by atoms with Gasteiger partial charge in [-0.3, -0.25) is 28.9 Å². The van der Waals surface area contributed by atoms with E-state index in [1.165, 1.54) is 4.90 Å². The van der Waals surface area contributed by atoms with Crippen molar-refractivity contribution in [1.29, 1.82) is 0 Å². The number of benzene rings is 2. The van der Waals surface area contributed by atoms with E-state index in [2.05, 4.69) is 10.6 Å². The molecule has 0 spiro atoms. The molecule has 270 valence electrons. The number of carbonyl (C=O) groups excluding carboxylic acids is 6. The lowest BCUT2D eigenvalue weighted by Gasteiger charge is -2.65. The summed E-state index contributed by atoms with van der Waals surface area (Å²) in [4.78, 5) is 96.4. The smallest absolute Gasteiger partial charge is 0.328 e. The summed E-state index contributed by atoms with van der Waals surface area (Å²) in [6.07, 6.45) is 1.44. The number of carbonyl (C=O) groups is 7. The number of carboxylic acids is 1. The lowest BCUT2D eigenvalue weighted by molar-refractivity contribution is -0.197. The van der Waals surface area contributed by atoms with Crippen molar-refractivity contribution >= 4 is 52.8 Å². The molecule has 4 atom stereocenters. The molecule has 14 heteroatoms. The first-order chi connectivity index (χ1) is 24.0. The fourth-order valence-electron chi connectivity index (χ4n) is 9.60. The molecule has 2 aromatic carbocycles. The van der Waals surface area contributed by atoms with Gasteiger partial charge in [-0.2, -0.15) is 0 Å². The molecule has 4 saturated carbocycles. The number of nitrogens with two attached hydrogens (primary N) is 2. The van der Waals surface area contributed by atoms with Crippen LogP contribution >= 0.6 is 0 Å². The first-order valence-corrected chi connectivity index (χ1v) is 17.2.